The molecular formula is C11H6BrFN2O. The second-order valence-electron chi connectivity index (χ2n) is 3.03. The molecule has 0 N–H and O–H groups in total. The molecule has 1 aromatic heterocycles. The monoisotopic (exact) mass is 280 g/mol. The van der Waals surface area contributed by atoms with Crippen LogP contribution in [0.2, 0.25) is 0 Å². The molecule has 0 aliphatic rings. The Hall–Kier alpha value is -1.62. The molecule has 0 fully saturated rings. The molecule has 5 heteroatoms. The summed E-state index contributed by atoms with van der Waals surface area (Å²) in [6.07, 6.45) is 2.88. The number of aromatic nitrogens is 2. The van der Waals surface area contributed by atoms with Crippen molar-refractivity contribution in [2.24, 2.45) is 0 Å². The van der Waals surface area contributed by atoms with E-state index < -0.39 is 11.6 Å². The standard InChI is InChI=1S/C11H6BrFN2O/c12-7-2-3-8(9(13)6-7)10(16)11-14-4-1-5-15-11/h1-6H. The van der Waals surface area contributed by atoms with Crippen LogP contribution in [0, 0.1) is 5.82 Å². The average Bonchev–Trinajstić information content (AvgIpc) is 2.29. The summed E-state index contributed by atoms with van der Waals surface area (Å²) >= 11 is 3.12. The third kappa shape index (κ3) is 2.14. The van der Waals surface area contributed by atoms with Crippen molar-refractivity contribution in [3.05, 3.63) is 58.3 Å². The van der Waals surface area contributed by atoms with E-state index in [1.54, 1.807) is 12.1 Å². The Morgan fingerprint density at radius 3 is 2.56 bits per heavy atom. The third-order valence-corrected chi connectivity index (χ3v) is 2.44. The van der Waals surface area contributed by atoms with Crippen LogP contribution in [0.5, 0.6) is 0 Å². The largest absolute Gasteiger partial charge is 0.285 e. The Bertz CT molecular complexity index is 531. The number of benzene rings is 1. The van der Waals surface area contributed by atoms with Gasteiger partial charge in [-0.15, -0.1) is 0 Å². The maximum absolute atomic E-state index is 13.5. The summed E-state index contributed by atoms with van der Waals surface area (Å²) < 4.78 is 14.1. The van der Waals surface area contributed by atoms with Gasteiger partial charge in [0.25, 0.3) is 0 Å². The van der Waals surface area contributed by atoms with E-state index in [2.05, 4.69) is 25.9 Å². The van der Waals surface area contributed by atoms with Gasteiger partial charge in [0.1, 0.15) is 5.82 Å². The predicted octanol–water partition coefficient (Wildman–Crippen LogP) is 2.61. The minimum Gasteiger partial charge on any atom is -0.285 e. The fourth-order valence-corrected chi connectivity index (χ4v) is 1.54. The van der Waals surface area contributed by atoms with Crippen molar-refractivity contribution >= 4 is 21.7 Å². The number of ketones is 1. The number of nitrogens with zero attached hydrogens (tertiary/aromatic N) is 2. The van der Waals surface area contributed by atoms with Crippen LogP contribution in [0.15, 0.2) is 41.1 Å². The maximum atomic E-state index is 13.5. The Labute approximate surface area is 99.5 Å². The molecule has 1 heterocycles. The van der Waals surface area contributed by atoms with Crippen LogP contribution < -0.4 is 0 Å². The van der Waals surface area contributed by atoms with E-state index in [4.69, 9.17) is 0 Å². The number of halogens is 2. The molecule has 0 saturated heterocycles. The highest BCUT2D eigenvalue weighted by atomic mass is 79.9. The van der Waals surface area contributed by atoms with Gasteiger partial charge in [0.2, 0.25) is 11.6 Å². The number of hydrogen-bond donors (Lipinski definition) is 0. The molecular weight excluding hydrogens is 275 g/mol. The Morgan fingerprint density at radius 2 is 1.94 bits per heavy atom. The van der Waals surface area contributed by atoms with E-state index in [1.165, 1.54) is 24.5 Å². The van der Waals surface area contributed by atoms with Gasteiger partial charge < -0.3 is 0 Å². The summed E-state index contributed by atoms with van der Waals surface area (Å²) in [6, 6.07) is 5.82. The van der Waals surface area contributed by atoms with Gasteiger partial charge in [-0.3, -0.25) is 4.79 Å². The highest BCUT2D eigenvalue weighted by Crippen LogP contribution is 2.16. The molecule has 0 spiro atoms. The molecule has 16 heavy (non-hydrogen) atoms. The quantitative estimate of drug-likeness (QED) is 0.795. The van der Waals surface area contributed by atoms with E-state index in [-0.39, 0.29) is 11.4 Å². The predicted molar refractivity (Wildman–Crippen MR) is 59.6 cm³/mol. The minimum absolute atomic E-state index is 0.0104. The summed E-state index contributed by atoms with van der Waals surface area (Å²) in [5, 5.41) is 0. The smallest absolute Gasteiger partial charge is 0.233 e. The second-order valence-corrected chi connectivity index (χ2v) is 3.94. The number of rotatable bonds is 2. The van der Waals surface area contributed by atoms with Gasteiger partial charge in [0.15, 0.2) is 0 Å². The van der Waals surface area contributed by atoms with Crippen LogP contribution in [-0.2, 0) is 0 Å². The Balaban J connectivity index is 2.42. The van der Waals surface area contributed by atoms with Crippen molar-refractivity contribution < 1.29 is 9.18 Å². The fourth-order valence-electron chi connectivity index (χ4n) is 1.21. The van der Waals surface area contributed by atoms with Crippen LogP contribution in [0.4, 0.5) is 4.39 Å². The van der Waals surface area contributed by atoms with Gasteiger partial charge in [-0.1, -0.05) is 15.9 Å². The van der Waals surface area contributed by atoms with Crippen molar-refractivity contribution in [3.63, 3.8) is 0 Å². The van der Waals surface area contributed by atoms with Gasteiger partial charge in [0, 0.05) is 16.9 Å². The summed E-state index contributed by atoms with van der Waals surface area (Å²) in [5.41, 5.74) is -0.0330. The molecule has 1 aromatic carbocycles. The van der Waals surface area contributed by atoms with Crippen molar-refractivity contribution in [2.75, 3.05) is 0 Å². The van der Waals surface area contributed by atoms with E-state index in [0.717, 1.165) is 0 Å². The lowest BCUT2D eigenvalue weighted by Crippen LogP contribution is -2.08. The fraction of sp³-hybridized carbons (Fsp3) is 0. The average molecular weight is 281 g/mol. The van der Waals surface area contributed by atoms with Gasteiger partial charge in [-0.2, -0.15) is 0 Å². The summed E-state index contributed by atoms with van der Waals surface area (Å²) in [5.74, 6) is -1.12. The molecule has 3 nitrogen and oxygen atoms in total. The van der Waals surface area contributed by atoms with Gasteiger partial charge in [0.05, 0.1) is 5.56 Å². The summed E-state index contributed by atoms with van der Waals surface area (Å²) in [7, 11) is 0. The molecule has 0 atom stereocenters. The zero-order valence-electron chi connectivity index (χ0n) is 8.02. The van der Waals surface area contributed by atoms with Crippen molar-refractivity contribution in [1.29, 1.82) is 0 Å². The highest BCUT2D eigenvalue weighted by Gasteiger charge is 2.15. The number of carbonyl (C=O) groups is 1. The first-order valence-corrected chi connectivity index (χ1v) is 5.24. The highest BCUT2D eigenvalue weighted by molar-refractivity contribution is 9.10. The molecule has 0 radical (unpaired) electrons. The summed E-state index contributed by atoms with van der Waals surface area (Å²) in [6.45, 7) is 0. The molecule has 80 valence electrons. The maximum Gasteiger partial charge on any atom is 0.233 e. The van der Waals surface area contributed by atoms with Crippen molar-refractivity contribution in [1.82, 2.24) is 9.97 Å². The molecule has 0 unspecified atom stereocenters. The SMILES string of the molecule is O=C(c1ncccn1)c1ccc(Br)cc1F. The molecule has 0 bridgehead atoms. The number of hydrogen-bond acceptors (Lipinski definition) is 3. The zero-order chi connectivity index (χ0) is 11.5. The van der Waals surface area contributed by atoms with Crippen LogP contribution in [0.25, 0.3) is 0 Å². The molecule has 2 aromatic rings. The van der Waals surface area contributed by atoms with Crippen molar-refractivity contribution in [3.8, 4) is 0 Å². The van der Waals surface area contributed by atoms with Gasteiger partial charge in [-0.05, 0) is 24.3 Å². The minimum atomic E-state index is -0.591. The number of carbonyl (C=O) groups excluding carboxylic acids is 1. The Kier molecular flexibility index (Phi) is 3.05. The summed E-state index contributed by atoms with van der Waals surface area (Å²) in [4.78, 5) is 19.4. The van der Waals surface area contributed by atoms with Crippen molar-refractivity contribution in [2.45, 2.75) is 0 Å². The normalized spacial score (nSPS) is 10.1. The first kappa shape index (κ1) is 10.9. The lowest BCUT2D eigenvalue weighted by atomic mass is 10.1. The molecule has 0 amide bonds. The first-order valence-electron chi connectivity index (χ1n) is 4.45. The molecule has 0 aliphatic carbocycles. The first-order chi connectivity index (χ1) is 7.68. The van der Waals surface area contributed by atoms with E-state index in [9.17, 15) is 9.18 Å². The zero-order valence-corrected chi connectivity index (χ0v) is 9.61. The van der Waals surface area contributed by atoms with Gasteiger partial charge >= 0.3 is 0 Å². The lowest BCUT2D eigenvalue weighted by Gasteiger charge is -2.01. The second kappa shape index (κ2) is 4.49. The van der Waals surface area contributed by atoms with E-state index >= 15 is 0 Å². The van der Waals surface area contributed by atoms with Crippen LogP contribution in [0.3, 0.4) is 0 Å². The van der Waals surface area contributed by atoms with Gasteiger partial charge in [-0.25, -0.2) is 14.4 Å². The van der Waals surface area contributed by atoms with Crippen LogP contribution >= 0.6 is 15.9 Å². The molecule has 0 aliphatic heterocycles. The molecule has 2 rings (SSSR count). The lowest BCUT2D eigenvalue weighted by molar-refractivity contribution is 0.102. The van der Waals surface area contributed by atoms with Crippen LogP contribution in [0.1, 0.15) is 16.2 Å². The van der Waals surface area contributed by atoms with Crippen LogP contribution in [-0.4, -0.2) is 15.8 Å². The third-order valence-electron chi connectivity index (χ3n) is 1.94. The Morgan fingerprint density at radius 1 is 1.25 bits per heavy atom. The van der Waals surface area contributed by atoms with E-state index in [1.807, 2.05) is 0 Å². The van der Waals surface area contributed by atoms with E-state index in [0.29, 0.717) is 4.47 Å². The molecule has 0 saturated carbocycles. The topological polar surface area (TPSA) is 42.9 Å².